The van der Waals surface area contributed by atoms with Crippen molar-refractivity contribution in [3.63, 3.8) is 0 Å². The van der Waals surface area contributed by atoms with E-state index >= 15 is 0 Å². The van der Waals surface area contributed by atoms with E-state index in [0.717, 1.165) is 17.2 Å². The maximum atomic E-state index is 12.1. The molecular weight excluding hydrogens is 380 g/mol. The minimum absolute atomic E-state index is 0.00237. The molecule has 8 heteroatoms. The van der Waals surface area contributed by atoms with Crippen molar-refractivity contribution in [2.24, 2.45) is 0 Å². The van der Waals surface area contributed by atoms with Crippen LogP contribution in [-0.2, 0) is 19.6 Å². The number of terminal acetylenes is 1. The Hall–Kier alpha value is -3.15. The summed E-state index contributed by atoms with van der Waals surface area (Å²) in [6.07, 6.45) is 5.04. The lowest BCUT2D eigenvalue weighted by molar-refractivity contribution is -0.119. The molecule has 2 rings (SSSR count). The summed E-state index contributed by atoms with van der Waals surface area (Å²) in [5.74, 6) is 0.845. The minimum atomic E-state index is -3.84. The monoisotopic (exact) mass is 400 g/mol. The maximum Gasteiger partial charge on any atom is 0.338 e. The predicted octanol–water partition coefficient (Wildman–Crippen LogP) is 2.01. The molecule has 0 heterocycles. The number of benzene rings is 2. The summed E-state index contributed by atoms with van der Waals surface area (Å²) in [6.45, 7) is 3.21. The van der Waals surface area contributed by atoms with Crippen LogP contribution in [0.5, 0.6) is 0 Å². The number of aryl methyl sites for hydroxylation is 2. The quantitative estimate of drug-likeness (QED) is 0.547. The summed E-state index contributed by atoms with van der Waals surface area (Å²) < 4.78 is 31.3. The van der Waals surface area contributed by atoms with Gasteiger partial charge in [0.1, 0.15) is 0 Å². The van der Waals surface area contributed by atoms with Crippen molar-refractivity contribution in [1.29, 1.82) is 0 Å². The maximum absolute atomic E-state index is 12.1. The molecule has 0 saturated heterocycles. The second kappa shape index (κ2) is 9.17. The van der Waals surface area contributed by atoms with Crippen LogP contribution in [0, 0.1) is 26.2 Å². The number of rotatable bonds is 7. The van der Waals surface area contributed by atoms with Gasteiger partial charge in [0.05, 0.1) is 17.0 Å². The van der Waals surface area contributed by atoms with Crippen LogP contribution >= 0.6 is 0 Å². The van der Waals surface area contributed by atoms with Crippen LogP contribution in [0.4, 0.5) is 5.69 Å². The molecule has 0 atom stereocenters. The summed E-state index contributed by atoms with van der Waals surface area (Å²) >= 11 is 0. The van der Waals surface area contributed by atoms with Crippen molar-refractivity contribution in [2.75, 3.05) is 18.5 Å². The highest BCUT2D eigenvalue weighted by Gasteiger charge is 2.17. The van der Waals surface area contributed by atoms with Crippen molar-refractivity contribution in [2.45, 2.75) is 18.7 Å². The number of hydrogen-bond acceptors (Lipinski definition) is 5. The number of sulfonamides is 1. The van der Waals surface area contributed by atoms with Gasteiger partial charge in [-0.2, -0.15) is 4.72 Å². The van der Waals surface area contributed by atoms with Crippen molar-refractivity contribution >= 4 is 27.6 Å². The average Bonchev–Trinajstić information content (AvgIpc) is 2.67. The first-order valence-corrected chi connectivity index (χ1v) is 9.78. The molecule has 0 aliphatic carbocycles. The highest BCUT2D eigenvalue weighted by molar-refractivity contribution is 7.89. The zero-order valence-corrected chi connectivity index (χ0v) is 16.3. The molecule has 28 heavy (non-hydrogen) atoms. The third-order valence-corrected chi connectivity index (χ3v) is 5.27. The molecule has 7 nitrogen and oxygen atoms in total. The lowest BCUT2D eigenvalue weighted by Gasteiger charge is -2.09. The van der Waals surface area contributed by atoms with E-state index in [9.17, 15) is 18.0 Å². The van der Waals surface area contributed by atoms with Crippen molar-refractivity contribution in [1.82, 2.24) is 4.72 Å². The number of carbonyl (C=O) groups excluding carboxylic acids is 2. The van der Waals surface area contributed by atoms with Gasteiger partial charge in [-0.1, -0.05) is 18.1 Å². The highest BCUT2D eigenvalue weighted by Crippen LogP contribution is 2.15. The third-order valence-electron chi connectivity index (χ3n) is 3.87. The molecule has 0 spiro atoms. The molecule has 0 aliphatic rings. The molecule has 2 aromatic rings. The van der Waals surface area contributed by atoms with Crippen LogP contribution in [0.2, 0.25) is 0 Å². The Morgan fingerprint density at radius 1 is 1.11 bits per heavy atom. The summed E-state index contributed by atoms with van der Waals surface area (Å²) in [5, 5.41) is 2.63. The number of amides is 1. The van der Waals surface area contributed by atoms with Crippen LogP contribution in [0.3, 0.4) is 0 Å². The first kappa shape index (κ1) is 21.2. The first-order chi connectivity index (χ1) is 13.2. The van der Waals surface area contributed by atoms with Gasteiger partial charge in [-0.25, -0.2) is 13.2 Å². The van der Waals surface area contributed by atoms with Gasteiger partial charge >= 0.3 is 5.97 Å². The van der Waals surface area contributed by atoms with Gasteiger partial charge in [0.25, 0.3) is 5.91 Å². The molecular formula is C20H20N2O5S. The van der Waals surface area contributed by atoms with Gasteiger partial charge in [0.15, 0.2) is 6.61 Å². The number of hydrogen-bond donors (Lipinski definition) is 2. The van der Waals surface area contributed by atoms with E-state index in [1.807, 2.05) is 26.0 Å². The van der Waals surface area contributed by atoms with E-state index in [1.54, 1.807) is 6.07 Å². The summed E-state index contributed by atoms with van der Waals surface area (Å²) in [5.41, 5.74) is 2.71. The molecule has 146 valence electrons. The van der Waals surface area contributed by atoms with E-state index in [0.29, 0.717) is 5.69 Å². The molecule has 0 saturated carbocycles. The van der Waals surface area contributed by atoms with Crippen LogP contribution in [-0.4, -0.2) is 33.4 Å². The Balaban J connectivity index is 1.99. The first-order valence-electron chi connectivity index (χ1n) is 8.30. The van der Waals surface area contributed by atoms with E-state index in [-0.39, 0.29) is 17.0 Å². The molecule has 1 amide bonds. The van der Waals surface area contributed by atoms with Gasteiger partial charge in [0, 0.05) is 5.69 Å². The molecule has 2 aromatic carbocycles. The van der Waals surface area contributed by atoms with Gasteiger partial charge in [0.2, 0.25) is 10.0 Å². The molecule has 2 N–H and O–H groups in total. The smallest absolute Gasteiger partial charge is 0.338 e. The lowest BCUT2D eigenvalue weighted by atomic mass is 10.1. The Bertz CT molecular complexity index is 1040. The SMILES string of the molecule is C#CCNS(=O)(=O)c1cccc(C(=O)OCC(=O)Nc2ccc(C)c(C)c2)c1. The van der Waals surface area contributed by atoms with Gasteiger partial charge in [-0.05, 0) is 55.3 Å². The highest BCUT2D eigenvalue weighted by atomic mass is 32.2. The fourth-order valence-corrected chi connectivity index (χ4v) is 3.22. The fourth-order valence-electron chi connectivity index (χ4n) is 2.24. The van der Waals surface area contributed by atoms with Crippen molar-refractivity contribution in [3.8, 4) is 12.3 Å². The van der Waals surface area contributed by atoms with E-state index < -0.39 is 28.5 Å². The second-order valence-corrected chi connectivity index (χ2v) is 7.75. The topological polar surface area (TPSA) is 102 Å². The largest absolute Gasteiger partial charge is 0.452 e. The van der Waals surface area contributed by atoms with Gasteiger partial charge in [-0.3, -0.25) is 4.79 Å². The van der Waals surface area contributed by atoms with E-state index in [4.69, 9.17) is 11.2 Å². The summed E-state index contributed by atoms with van der Waals surface area (Å²) in [7, 11) is -3.84. The van der Waals surface area contributed by atoms with Gasteiger partial charge in [-0.15, -0.1) is 6.42 Å². The second-order valence-electron chi connectivity index (χ2n) is 5.98. The van der Waals surface area contributed by atoms with Crippen molar-refractivity contribution < 1.29 is 22.7 Å². The number of carbonyl (C=O) groups is 2. The predicted molar refractivity (Wildman–Crippen MR) is 105 cm³/mol. The van der Waals surface area contributed by atoms with Crippen LogP contribution in [0.25, 0.3) is 0 Å². The Morgan fingerprint density at radius 3 is 2.54 bits per heavy atom. The fraction of sp³-hybridized carbons (Fsp3) is 0.200. The molecule has 0 bridgehead atoms. The molecule has 0 fully saturated rings. The van der Waals surface area contributed by atoms with Crippen molar-refractivity contribution in [3.05, 3.63) is 59.2 Å². The van der Waals surface area contributed by atoms with Crippen LogP contribution in [0.15, 0.2) is 47.4 Å². The number of anilines is 1. The molecule has 0 aromatic heterocycles. The van der Waals surface area contributed by atoms with Gasteiger partial charge < -0.3 is 10.1 Å². The third kappa shape index (κ3) is 5.67. The molecule has 0 aliphatic heterocycles. The average molecular weight is 400 g/mol. The molecule has 0 unspecified atom stereocenters. The normalized spacial score (nSPS) is 10.8. The minimum Gasteiger partial charge on any atom is -0.452 e. The number of esters is 1. The summed E-state index contributed by atoms with van der Waals surface area (Å²) in [6, 6.07) is 10.7. The van der Waals surface area contributed by atoms with Crippen LogP contribution < -0.4 is 10.0 Å². The zero-order valence-electron chi connectivity index (χ0n) is 15.5. The Kier molecular flexibility index (Phi) is 6.93. The van der Waals surface area contributed by atoms with E-state index in [2.05, 4.69) is 16.0 Å². The number of nitrogens with one attached hydrogen (secondary N) is 2. The Labute approximate surface area is 164 Å². The van der Waals surface area contributed by atoms with Crippen LogP contribution in [0.1, 0.15) is 21.5 Å². The van der Waals surface area contributed by atoms with E-state index in [1.165, 1.54) is 18.2 Å². The standard InChI is InChI=1S/C20H20N2O5S/c1-4-10-21-28(25,26)18-7-5-6-16(12-18)20(24)27-13-19(23)22-17-9-8-14(2)15(3)11-17/h1,5-9,11-12,21H,10,13H2,2-3H3,(H,22,23). The zero-order chi connectivity index (χ0) is 20.7. The number of ether oxygens (including phenoxy) is 1. The Morgan fingerprint density at radius 2 is 1.86 bits per heavy atom. The summed E-state index contributed by atoms with van der Waals surface area (Å²) in [4.78, 5) is 24.0. The molecule has 0 radical (unpaired) electrons. The lowest BCUT2D eigenvalue weighted by Crippen LogP contribution is -2.24.